The van der Waals surface area contributed by atoms with Crippen molar-refractivity contribution in [2.24, 2.45) is 0 Å². The van der Waals surface area contributed by atoms with Crippen LogP contribution in [-0.4, -0.2) is 30.5 Å². The smallest absolute Gasteiger partial charge is 0.269 e. The summed E-state index contributed by atoms with van der Waals surface area (Å²) in [6.45, 7) is 3.49. The van der Waals surface area contributed by atoms with Crippen molar-refractivity contribution in [1.29, 1.82) is 0 Å². The van der Waals surface area contributed by atoms with Crippen molar-refractivity contribution in [1.82, 2.24) is 14.3 Å². The molecule has 0 aliphatic carbocycles. The van der Waals surface area contributed by atoms with Gasteiger partial charge in [0.2, 0.25) is 0 Å². The Morgan fingerprint density at radius 1 is 1.23 bits per heavy atom. The Balaban J connectivity index is 1.95. The molecule has 3 aromatic rings. The summed E-state index contributed by atoms with van der Waals surface area (Å²) in [5.41, 5.74) is 1.80. The van der Waals surface area contributed by atoms with E-state index in [1.54, 1.807) is 37.4 Å². The molecule has 0 spiro atoms. The molecule has 3 heterocycles. The second-order valence-electron chi connectivity index (χ2n) is 6.70. The van der Waals surface area contributed by atoms with Gasteiger partial charge in [-0.15, -0.1) is 0 Å². The molecular weight excluding hydrogens is 353 g/mol. The molecule has 5 nitrogen and oxygen atoms in total. The highest BCUT2D eigenvalue weighted by Crippen LogP contribution is 2.34. The molecule has 0 saturated carbocycles. The van der Waals surface area contributed by atoms with E-state index in [0.29, 0.717) is 10.9 Å². The molecule has 26 heavy (non-hydrogen) atoms. The van der Waals surface area contributed by atoms with Gasteiger partial charge in [0.15, 0.2) is 5.65 Å². The number of hydrogen-bond acceptors (Lipinski definition) is 4. The fourth-order valence-electron chi connectivity index (χ4n) is 3.67. The van der Waals surface area contributed by atoms with Crippen LogP contribution in [0.25, 0.3) is 11.0 Å². The highest BCUT2D eigenvalue weighted by Gasteiger charge is 2.27. The van der Waals surface area contributed by atoms with E-state index in [1.165, 1.54) is 10.0 Å². The second-order valence-corrected chi connectivity index (χ2v) is 8.48. The molecule has 1 saturated heterocycles. The third kappa shape index (κ3) is 2.81. The van der Waals surface area contributed by atoms with Gasteiger partial charge in [-0.3, -0.25) is 0 Å². The zero-order chi connectivity index (χ0) is 18.3. The maximum absolute atomic E-state index is 13.8. The van der Waals surface area contributed by atoms with Gasteiger partial charge in [-0.1, -0.05) is 18.2 Å². The molecule has 4 rings (SSSR count). The minimum atomic E-state index is -3.81. The van der Waals surface area contributed by atoms with Gasteiger partial charge < -0.3 is 5.32 Å². The van der Waals surface area contributed by atoms with Crippen LogP contribution in [0.2, 0.25) is 0 Å². The third-order valence-electron chi connectivity index (χ3n) is 5.02. The van der Waals surface area contributed by atoms with Crippen LogP contribution in [0.3, 0.4) is 0 Å². The zero-order valence-electron chi connectivity index (χ0n) is 14.4. The van der Waals surface area contributed by atoms with E-state index in [0.717, 1.165) is 37.7 Å². The summed E-state index contributed by atoms with van der Waals surface area (Å²) in [7, 11) is -3.81. The summed E-state index contributed by atoms with van der Waals surface area (Å²) in [6, 6.07) is 8.25. The van der Waals surface area contributed by atoms with Crippen LogP contribution in [0.5, 0.6) is 0 Å². The summed E-state index contributed by atoms with van der Waals surface area (Å²) in [5, 5.41) is 3.88. The van der Waals surface area contributed by atoms with Crippen molar-refractivity contribution in [3.8, 4) is 0 Å². The van der Waals surface area contributed by atoms with Crippen LogP contribution in [0, 0.1) is 12.7 Å². The lowest BCUT2D eigenvalue weighted by Crippen LogP contribution is -2.26. The number of rotatable bonds is 3. The van der Waals surface area contributed by atoms with E-state index in [2.05, 4.69) is 10.3 Å². The Hall–Kier alpha value is -2.25. The Bertz CT molecular complexity index is 1070. The number of piperidine rings is 1. The molecule has 2 aromatic heterocycles. The Labute approximate surface area is 151 Å². The highest BCUT2D eigenvalue weighted by atomic mass is 32.2. The topological polar surface area (TPSA) is 64.0 Å². The predicted molar refractivity (Wildman–Crippen MR) is 98.3 cm³/mol. The maximum atomic E-state index is 13.8. The summed E-state index contributed by atoms with van der Waals surface area (Å²) < 4.78 is 41.6. The zero-order valence-corrected chi connectivity index (χ0v) is 15.3. The number of aromatic nitrogens is 2. The van der Waals surface area contributed by atoms with Crippen molar-refractivity contribution in [2.75, 3.05) is 13.1 Å². The lowest BCUT2D eigenvalue weighted by molar-refractivity contribution is 0.462. The van der Waals surface area contributed by atoms with E-state index < -0.39 is 15.8 Å². The number of hydrogen-bond donors (Lipinski definition) is 1. The summed E-state index contributed by atoms with van der Waals surface area (Å²) >= 11 is 0. The van der Waals surface area contributed by atoms with Crippen LogP contribution in [-0.2, 0) is 10.0 Å². The molecule has 1 aromatic carbocycles. The number of nitrogens with one attached hydrogen (secondary N) is 1. The minimum absolute atomic E-state index is 0.190. The van der Waals surface area contributed by atoms with Crippen molar-refractivity contribution in [3.63, 3.8) is 0 Å². The molecule has 0 bridgehead atoms. The number of pyridine rings is 1. The quantitative estimate of drug-likeness (QED) is 0.766. The molecule has 0 radical (unpaired) electrons. The van der Waals surface area contributed by atoms with E-state index >= 15 is 0 Å². The van der Waals surface area contributed by atoms with E-state index in [1.807, 2.05) is 0 Å². The fourth-order valence-corrected chi connectivity index (χ4v) is 5.23. The number of benzene rings is 1. The van der Waals surface area contributed by atoms with Crippen LogP contribution < -0.4 is 5.32 Å². The van der Waals surface area contributed by atoms with Gasteiger partial charge in [0, 0.05) is 11.6 Å². The first-order valence-electron chi connectivity index (χ1n) is 8.67. The van der Waals surface area contributed by atoms with E-state index in [-0.39, 0.29) is 16.5 Å². The van der Waals surface area contributed by atoms with Crippen molar-refractivity contribution in [2.45, 2.75) is 30.6 Å². The average molecular weight is 373 g/mol. The lowest BCUT2D eigenvalue weighted by Gasteiger charge is -2.22. The number of nitrogens with zero attached hydrogens (tertiary/aromatic N) is 2. The van der Waals surface area contributed by atoms with E-state index in [4.69, 9.17) is 0 Å². The van der Waals surface area contributed by atoms with Gasteiger partial charge in [0.1, 0.15) is 5.82 Å². The molecule has 1 N–H and O–H groups in total. The van der Waals surface area contributed by atoms with Gasteiger partial charge in [0.05, 0.1) is 11.1 Å². The predicted octanol–water partition coefficient (Wildman–Crippen LogP) is 3.19. The first-order valence-corrected chi connectivity index (χ1v) is 10.1. The Kier molecular flexibility index (Phi) is 4.28. The SMILES string of the molecule is Cc1ccccc1S(=O)(=O)n1cc(C2CCNCC2)c2cc(F)cnc21. The standard InChI is InChI=1S/C19H20FN3O2S/c1-13-4-2-3-5-18(13)26(24,25)23-12-17(14-6-8-21-9-7-14)16-10-15(20)11-22-19(16)23/h2-5,10-12,14,21H,6-9H2,1H3. The molecule has 7 heteroatoms. The van der Waals surface area contributed by atoms with Crippen molar-refractivity contribution in [3.05, 3.63) is 59.7 Å². The molecular formula is C19H20FN3O2S. The van der Waals surface area contributed by atoms with Gasteiger partial charge in [-0.25, -0.2) is 21.8 Å². The van der Waals surface area contributed by atoms with Gasteiger partial charge >= 0.3 is 0 Å². The van der Waals surface area contributed by atoms with Gasteiger partial charge in [-0.2, -0.15) is 0 Å². The average Bonchev–Trinajstić information content (AvgIpc) is 3.02. The number of aryl methyl sites for hydroxylation is 1. The maximum Gasteiger partial charge on any atom is 0.269 e. The van der Waals surface area contributed by atoms with Gasteiger partial charge in [-0.05, 0) is 62.0 Å². The summed E-state index contributed by atoms with van der Waals surface area (Å²) in [4.78, 5) is 4.35. The molecule has 136 valence electrons. The van der Waals surface area contributed by atoms with Crippen LogP contribution in [0.1, 0.15) is 29.9 Å². The highest BCUT2D eigenvalue weighted by molar-refractivity contribution is 7.90. The molecule has 0 amide bonds. The number of fused-ring (bicyclic) bond motifs is 1. The second kappa shape index (κ2) is 6.48. The van der Waals surface area contributed by atoms with Crippen LogP contribution in [0.15, 0.2) is 47.6 Å². The largest absolute Gasteiger partial charge is 0.317 e. The molecule has 1 fully saturated rings. The molecule has 1 aliphatic heterocycles. The lowest BCUT2D eigenvalue weighted by atomic mass is 9.90. The molecule has 1 aliphatic rings. The van der Waals surface area contributed by atoms with E-state index in [9.17, 15) is 12.8 Å². The Morgan fingerprint density at radius 2 is 1.96 bits per heavy atom. The number of halogens is 1. The monoisotopic (exact) mass is 373 g/mol. The minimum Gasteiger partial charge on any atom is -0.317 e. The van der Waals surface area contributed by atoms with Crippen molar-refractivity contribution < 1.29 is 12.8 Å². The van der Waals surface area contributed by atoms with Gasteiger partial charge in [0.25, 0.3) is 10.0 Å². The Morgan fingerprint density at radius 3 is 2.69 bits per heavy atom. The first-order chi connectivity index (χ1) is 12.5. The van der Waals surface area contributed by atoms with Crippen LogP contribution in [0.4, 0.5) is 4.39 Å². The molecule has 0 atom stereocenters. The first kappa shape index (κ1) is 17.2. The van der Waals surface area contributed by atoms with Crippen LogP contribution >= 0.6 is 0 Å². The molecule has 0 unspecified atom stereocenters. The fraction of sp³-hybridized carbons (Fsp3) is 0.316. The summed E-state index contributed by atoms with van der Waals surface area (Å²) in [5.74, 6) is -0.269. The van der Waals surface area contributed by atoms with Crippen molar-refractivity contribution >= 4 is 21.1 Å². The third-order valence-corrected chi connectivity index (χ3v) is 6.83. The summed E-state index contributed by atoms with van der Waals surface area (Å²) in [6.07, 6.45) is 4.48. The normalized spacial score (nSPS) is 16.2.